The topological polar surface area (TPSA) is 122 Å². The fourth-order valence-corrected chi connectivity index (χ4v) is 2.12. The first-order chi connectivity index (χ1) is 9.39. The second kappa shape index (κ2) is 6.90. The van der Waals surface area contributed by atoms with Crippen molar-refractivity contribution in [3.8, 4) is 0 Å². The third-order valence-corrected chi connectivity index (χ3v) is 4.39. The van der Waals surface area contributed by atoms with Crippen molar-refractivity contribution in [3.05, 3.63) is 35.4 Å². The molecule has 4 N–H and O–H groups in total. The van der Waals surface area contributed by atoms with Gasteiger partial charge in [0.05, 0.1) is 5.75 Å². The molecule has 0 spiro atoms. The van der Waals surface area contributed by atoms with Crippen molar-refractivity contribution in [3.63, 3.8) is 0 Å². The third-order valence-electron chi connectivity index (χ3n) is 2.69. The van der Waals surface area contributed by atoms with Gasteiger partial charge in [0.1, 0.15) is 0 Å². The summed E-state index contributed by atoms with van der Waals surface area (Å²) in [7, 11) is -3.09. The highest BCUT2D eigenvalue weighted by Crippen LogP contribution is 2.04. The van der Waals surface area contributed by atoms with E-state index in [0.29, 0.717) is 11.1 Å². The number of hydrogen-bond donors (Lipinski definition) is 3. The summed E-state index contributed by atoms with van der Waals surface area (Å²) < 4.78 is 22.5. The minimum Gasteiger partial charge on any atom is -0.409 e. The predicted molar refractivity (Wildman–Crippen MR) is 75.6 cm³/mol. The molecule has 110 valence electrons. The standard InChI is InChI=1S/C12H17N3O4S/c1-2-20(18,19)8-7-14-12(16)10-5-3-9(4-6-10)11(13)15-17/h3-6,17H,2,7-8H2,1H3,(H2,13,15)(H,14,16). The highest BCUT2D eigenvalue weighted by atomic mass is 32.2. The lowest BCUT2D eigenvalue weighted by atomic mass is 10.1. The molecule has 0 unspecified atom stereocenters. The lowest BCUT2D eigenvalue weighted by Crippen LogP contribution is -2.29. The second-order valence-electron chi connectivity index (χ2n) is 4.05. The molecule has 1 amide bonds. The third kappa shape index (κ3) is 4.54. The normalized spacial score (nSPS) is 12.2. The molecule has 0 atom stereocenters. The van der Waals surface area contributed by atoms with Crippen molar-refractivity contribution < 1.29 is 18.4 Å². The van der Waals surface area contributed by atoms with Crippen LogP contribution in [0.15, 0.2) is 29.4 Å². The van der Waals surface area contributed by atoms with Crippen LogP contribution in [0.25, 0.3) is 0 Å². The van der Waals surface area contributed by atoms with E-state index < -0.39 is 9.84 Å². The van der Waals surface area contributed by atoms with Crippen LogP contribution in [-0.4, -0.2) is 43.4 Å². The molecule has 20 heavy (non-hydrogen) atoms. The molecule has 1 aromatic rings. The van der Waals surface area contributed by atoms with Crippen LogP contribution < -0.4 is 11.1 Å². The molecule has 7 nitrogen and oxygen atoms in total. The number of carbonyl (C=O) groups excluding carboxylic acids is 1. The van der Waals surface area contributed by atoms with E-state index in [2.05, 4.69) is 10.5 Å². The molecule has 0 saturated heterocycles. The summed E-state index contributed by atoms with van der Waals surface area (Å²) >= 11 is 0. The summed E-state index contributed by atoms with van der Waals surface area (Å²) in [6.45, 7) is 1.62. The number of amides is 1. The Morgan fingerprint density at radius 3 is 2.35 bits per heavy atom. The van der Waals surface area contributed by atoms with Gasteiger partial charge in [-0.3, -0.25) is 4.79 Å². The summed E-state index contributed by atoms with van der Waals surface area (Å²) in [5.41, 5.74) is 6.25. The first-order valence-electron chi connectivity index (χ1n) is 5.96. The van der Waals surface area contributed by atoms with E-state index in [1.165, 1.54) is 24.3 Å². The number of nitrogens with two attached hydrogens (primary N) is 1. The Morgan fingerprint density at radius 2 is 1.85 bits per heavy atom. The zero-order chi connectivity index (χ0) is 15.2. The maximum Gasteiger partial charge on any atom is 0.251 e. The highest BCUT2D eigenvalue weighted by Gasteiger charge is 2.10. The number of nitrogens with zero attached hydrogens (tertiary/aromatic N) is 1. The molecule has 1 aromatic carbocycles. The quantitative estimate of drug-likeness (QED) is 0.294. The van der Waals surface area contributed by atoms with Crippen LogP contribution in [0.4, 0.5) is 0 Å². The number of sulfone groups is 1. The molecule has 0 fully saturated rings. The average molecular weight is 299 g/mol. The highest BCUT2D eigenvalue weighted by molar-refractivity contribution is 7.91. The fourth-order valence-electron chi connectivity index (χ4n) is 1.42. The number of carbonyl (C=O) groups is 1. The van der Waals surface area contributed by atoms with E-state index in [0.717, 1.165) is 0 Å². The molecule has 0 aliphatic carbocycles. The Hall–Kier alpha value is -2.09. The molecule has 0 saturated carbocycles. The summed E-state index contributed by atoms with van der Waals surface area (Å²) in [6, 6.07) is 6.09. The van der Waals surface area contributed by atoms with E-state index in [1.807, 2.05) is 0 Å². The SMILES string of the molecule is CCS(=O)(=O)CCNC(=O)c1ccc(/C(N)=N/O)cc1. The van der Waals surface area contributed by atoms with E-state index in [-0.39, 0.29) is 29.8 Å². The summed E-state index contributed by atoms with van der Waals surface area (Å²) in [6.07, 6.45) is 0. The van der Waals surface area contributed by atoms with Gasteiger partial charge in [-0.15, -0.1) is 0 Å². The Morgan fingerprint density at radius 1 is 1.30 bits per heavy atom. The van der Waals surface area contributed by atoms with Crippen LogP contribution in [0, 0.1) is 0 Å². The van der Waals surface area contributed by atoms with Gasteiger partial charge >= 0.3 is 0 Å². The molecule has 0 heterocycles. The van der Waals surface area contributed by atoms with Gasteiger partial charge < -0.3 is 16.3 Å². The van der Waals surface area contributed by atoms with Gasteiger partial charge in [-0.25, -0.2) is 8.42 Å². The Labute approximate surface area is 117 Å². The van der Waals surface area contributed by atoms with Crippen molar-refractivity contribution >= 4 is 21.6 Å². The van der Waals surface area contributed by atoms with Gasteiger partial charge in [-0.1, -0.05) is 24.2 Å². The van der Waals surface area contributed by atoms with Crippen molar-refractivity contribution in [2.45, 2.75) is 6.92 Å². The summed E-state index contributed by atoms with van der Waals surface area (Å²) in [5.74, 6) is -0.456. The van der Waals surface area contributed by atoms with Crippen LogP contribution in [-0.2, 0) is 9.84 Å². The van der Waals surface area contributed by atoms with Gasteiger partial charge in [0.15, 0.2) is 15.7 Å². The molecular formula is C12H17N3O4S. The van der Waals surface area contributed by atoms with Crippen molar-refractivity contribution in [2.24, 2.45) is 10.9 Å². The number of hydrogen-bond acceptors (Lipinski definition) is 5. The van der Waals surface area contributed by atoms with Gasteiger partial charge in [0, 0.05) is 23.4 Å². The maximum atomic E-state index is 11.8. The van der Waals surface area contributed by atoms with Gasteiger partial charge in [0.2, 0.25) is 0 Å². The molecule has 0 aromatic heterocycles. The Balaban J connectivity index is 2.61. The van der Waals surface area contributed by atoms with Gasteiger partial charge in [-0.05, 0) is 12.1 Å². The van der Waals surface area contributed by atoms with Crippen molar-refractivity contribution in [1.29, 1.82) is 0 Å². The van der Waals surface area contributed by atoms with Crippen LogP contribution in [0.5, 0.6) is 0 Å². The van der Waals surface area contributed by atoms with Gasteiger partial charge in [0.25, 0.3) is 5.91 Å². The lowest BCUT2D eigenvalue weighted by molar-refractivity contribution is 0.0956. The Bertz CT molecular complexity index is 594. The zero-order valence-electron chi connectivity index (χ0n) is 11.0. The summed E-state index contributed by atoms with van der Waals surface area (Å²) in [4.78, 5) is 11.8. The molecule has 0 bridgehead atoms. The maximum absolute atomic E-state index is 11.8. The van der Waals surface area contributed by atoms with Crippen LogP contribution in [0.1, 0.15) is 22.8 Å². The number of oxime groups is 1. The molecular weight excluding hydrogens is 282 g/mol. The van der Waals surface area contributed by atoms with E-state index >= 15 is 0 Å². The van der Waals surface area contributed by atoms with E-state index in [9.17, 15) is 13.2 Å². The molecule has 8 heteroatoms. The van der Waals surface area contributed by atoms with E-state index in [1.54, 1.807) is 6.92 Å². The molecule has 1 rings (SSSR count). The summed E-state index contributed by atoms with van der Waals surface area (Å²) in [5, 5.41) is 13.9. The molecule has 0 aliphatic heterocycles. The lowest BCUT2D eigenvalue weighted by Gasteiger charge is -2.06. The van der Waals surface area contributed by atoms with Crippen LogP contribution in [0.3, 0.4) is 0 Å². The first-order valence-corrected chi connectivity index (χ1v) is 7.78. The fraction of sp³-hybridized carbons (Fsp3) is 0.333. The first kappa shape index (κ1) is 16.0. The zero-order valence-corrected chi connectivity index (χ0v) is 11.9. The number of rotatable bonds is 6. The van der Waals surface area contributed by atoms with Crippen LogP contribution in [0.2, 0.25) is 0 Å². The average Bonchev–Trinajstić information content (AvgIpc) is 2.46. The molecule has 0 radical (unpaired) electrons. The smallest absolute Gasteiger partial charge is 0.251 e. The van der Waals surface area contributed by atoms with Gasteiger partial charge in [-0.2, -0.15) is 0 Å². The largest absolute Gasteiger partial charge is 0.409 e. The monoisotopic (exact) mass is 299 g/mol. The Kier molecular flexibility index (Phi) is 5.51. The van der Waals surface area contributed by atoms with Crippen molar-refractivity contribution in [2.75, 3.05) is 18.1 Å². The minimum absolute atomic E-state index is 0.0500. The van der Waals surface area contributed by atoms with Crippen LogP contribution >= 0.6 is 0 Å². The minimum atomic E-state index is -3.09. The number of nitrogens with one attached hydrogen (secondary N) is 1. The molecule has 0 aliphatic rings. The predicted octanol–water partition coefficient (Wildman–Crippen LogP) is -0.0544. The number of benzene rings is 1. The number of amidine groups is 1. The second-order valence-corrected chi connectivity index (χ2v) is 6.53. The van der Waals surface area contributed by atoms with Crippen molar-refractivity contribution in [1.82, 2.24) is 5.32 Å². The van der Waals surface area contributed by atoms with E-state index in [4.69, 9.17) is 10.9 Å².